The Morgan fingerprint density at radius 2 is 2.00 bits per heavy atom. The van der Waals surface area contributed by atoms with E-state index in [1.807, 2.05) is 6.20 Å². The Balaban J connectivity index is 1.75. The number of piperidine rings is 1. The molecule has 0 amide bonds. The van der Waals surface area contributed by atoms with E-state index in [0.717, 1.165) is 5.82 Å². The van der Waals surface area contributed by atoms with Crippen LogP contribution in [-0.4, -0.2) is 35.6 Å². The first-order chi connectivity index (χ1) is 9.36. The van der Waals surface area contributed by atoms with Crippen molar-refractivity contribution in [3.05, 3.63) is 36.5 Å². The first-order valence-electron chi connectivity index (χ1n) is 7.19. The van der Waals surface area contributed by atoms with Crippen molar-refractivity contribution in [3.8, 4) is 0 Å². The predicted molar refractivity (Wildman–Crippen MR) is 80.5 cm³/mol. The number of nitrogens with one attached hydrogen (secondary N) is 1. The van der Waals surface area contributed by atoms with Gasteiger partial charge in [0.25, 0.3) is 0 Å². The molecule has 1 aliphatic rings. The lowest BCUT2D eigenvalue weighted by molar-refractivity contribution is 0.229. The van der Waals surface area contributed by atoms with Gasteiger partial charge < -0.3 is 10.2 Å². The lowest BCUT2D eigenvalue weighted by Crippen LogP contribution is -2.39. The molecule has 0 unspecified atom stereocenters. The second-order valence-corrected chi connectivity index (χ2v) is 5.23. The molecular formula is C16H21N3. The molecular weight excluding hydrogens is 234 g/mol. The van der Waals surface area contributed by atoms with Gasteiger partial charge in [0.1, 0.15) is 5.82 Å². The molecule has 0 bridgehead atoms. The molecule has 2 heterocycles. The molecule has 3 heteroatoms. The molecule has 3 rings (SSSR count). The van der Waals surface area contributed by atoms with Crippen LogP contribution in [0.25, 0.3) is 10.8 Å². The topological polar surface area (TPSA) is 28.2 Å². The first-order valence-corrected chi connectivity index (χ1v) is 7.19. The average Bonchev–Trinajstić information content (AvgIpc) is 2.48. The van der Waals surface area contributed by atoms with Gasteiger partial charge in [-0.25, -0.2) is 4.98 Å². The van der Waals surface area contributed by atoms with Gasteiger partial charge in [-0.1, -0.05) is 31.2 Å². The third-order valence-electron chi connectivity index (χ3n) is 4.05. The molecule has 2 aromatic rings. The molecule has 1 aliphatic heterocycles. The monoisotopic (exact) mass is 255 g/mol. The summed E-state index contributed by atoms with van der Waals surface area (Å²) in [4.78, 5) is 7.02. The summed E-state index contributed by atoms with van der Waals surface area (Å²) < 4.78 is 0. The number of nitrogens with zero attached hydrogens (tertiary/aromatic N) is 2. The van der Waals surface area contributed by atoms with E-state index in [-0.39, 0.29) is 0 Å². The summed E-state index contributed by atoms with van der Waals surface area (Å²) in [6.45, 7) is 5.79. The second kappa shape index (κ2) is 5.57. The van der Waals surface area contributed by atoms with Crippen molar-refractivity contribution in [3.63, 3.8) is 0 Å². The minimum absolute atomic E-state index is 0.557. The van der Waals surface area contributed by atoms with Gasteiger partial charge in [-0.05, 0) is 30.8 Å². The Labute approximate surface area is 114 Å². The van der Waals surface area contributed by atoms with E-state index >= 15 is 0 Å². The smallest absolute Gasteiger partial charge is 0.134 e. The van der Waals surface area contributed by atoms with Gasteiger partial charge in [0.2, 0.25) is 0 Å². The lowest BCUT2D eigenvalue weighted by atomic mass is 10.0. The highest BCUT2D eigenvalue weighted by atomic mass is 15.1. The van der Waals surface area contributed by atoms with Gasteiger partial charge in [-0.3, -0.25) is 0 Å². The fraction of sp³-hybridized carbons (Fsp3) is 0.438. The number of fused-ring (bicyclic) bond motifs is 1. The maximum Gasteiger partial charge on any atom is 0.134 e. The van der Waals surface area contributed by atoms with E-state index in [1.54, 1.807) is 0 Å². The number of rotatable bonds is 3. The summed E-state index contributed by atoms with van der Waals surface area (Å²) in [7, 11) is 0. The van der Waals surface area contributed by atoms with Crippen molar-refractivity contribution >= 4 is 16.6 Å². The summed E-state index contributed by atoms with van der Waals surface area (Å²) in [5.74, 6) is 1.04. The minimum Gasteiger partial charge on any atom is -0.367 e. The van der Waals surface area contributed by atoms with Gasteiger partial charge in [0, 0.05) is 30.7 Å². The van der Waals surface area contributed by atoms with E-state index in [9.17, 15) is 0 Å². The Morgan fingerprint density at radius 3 is 2.79 bits per heavy atom. The normalized spacial score (nSPS) is 17.7. The second-order valence-electron chi connectivity index (χ2n) is 5.23. The SMILES string of the molecule is CCN1CCC(Nc2nccc3ccccc23)CC1. The highest BCUT2D eigenvalue weighted by molar-refractivity contribution is 5.91. The Kier molecular flexibility index (Phi) is 3.65. The van der Waals surface area contributed by atoms with Crippen LogP contribution < -0.4 is 5.32 Å². The van der Waals surface area contributed by atoms with E-state index < -0.39 is 0 Å². The summed E-state index contributed by atoms with van der Waals surface area (Å²) in [5, 5.41) is 6.11. The zero-order valence-corrected chi connectivity index (χ0v) is 11.5. The Bertz CT molecular complexity index is 539. The third-order valence-corrected chi connectivity index (χ3v) is 4.05. The Hall–Kier alpha value is -1.61. The molecule has 1 saturated heterocycles. The molecule has 0 atom stereocenters. The number of aromatic nitrogens is 1. The molecule has 0 spiro atoms. The van der Waals surface area contributed by atoms with Crippen molar-refractivity contribution in [1.29, 1.82) is 0 Å². The van der Waals surface area contributed by atoms with Crippen LogP contribution in [0.3, 0.4) is 0 Å². The number of hydrogen-bond donors (Lipinski definition) is 1. The average molecular weight is 255 g/mol. The van der Waals surface area contributed by atoms with E-state index in [0.29, 0.717) is 6.04 Å². The van der Waals surface area contributed by atoms with Gasteiger partial charge in [0.05, 0.1) is 0 Å². The molecule has 19 heavy (non-hydrogen) atoms. The van der Waals surface area contributed by atoms with Crippen LogP contribution in [0.15, 0.2) is 36.5 Å². The molecule has 1 fully saturated rings. The van der Waals surface area contributed by atoms with Crippen LogP contribution in [-0.2, 0) is 0 Å². The fourth-order valence-corrected chi connectivity index (χ4v) is 2.82. The zero-order chi connectivity index (χ0) is 13.1. The van der Waals surface area contributed by atoms with E-state index in [4.69, 9.17) is 0 Å². The van der Waals surface area contributed by atoms with Gasteiger partial charge in [0.15, 0.2) is 0 Å². The Morgan fingerprint density at radius 1 is 1.21 bits per heavy atom. The fourth-order valence-electron chi connectivity index (χ4n) is 2.82. The van der Waals surface area contributed by atoms with Crippen LogP contribution in [0.4, 0.5) is 5.82 Å². The molecule has 0 aliphatic carbocycles. The van der Waals surface area contributed by atoms with E-state index in [1.165, 1.54) is 43.2 Å². The molecule has 100 valence electrons. The van der Waals surface area contributed by atoms with Gasteiger partial charge in [-0.2, -0.15) is 0 Å². The van der Waals surface area contributed by atoms with Crippen molar-refractivity contribution in [1.82, 2.24) is 9.88 Å². The number of likely N-dealkylation sites (tertiary alicyclic amines) is 1. The third kappa shape index (κ3) is 2.71. The standard InChI is InChI=1S/C16H21N3/c1-2-19-11-8-14(9-12-19)18-16-15-6-4-3-5-13(15)7-10-17-16/h3-7,10,14H,2,8-9,11-12H2,1H3,(H,17,18). The van der Waals surface area contributed by atoms with Crippen molar-refractivity contribution < 1.29 is 0 Å². The first kappa shape index (κ1) is 12.4. The number of hydrogen-bond acceptors (Lipinski definition) is 3. The molecule has 0 saturated carbocycles. The molecule has 3 nitrogen and oxygen atoms in total. The summed E-state index contributed by atoms with van der Waals surface area (Å²) in [6.07, 6.45) is 4.31. The lowest BCUT2D eigenvalue weighted by Gasteiger charge is -2.31. The zero-order valence-electron chi connectivity index (χ0n) is 11.5. The van der Waals surface area contributed by atoms with Crippen LogP contribution in [0.1, 0.15) is 19.8 Å². The molecule has 0 radical (unpaired) electrons. The minimum atomic E-state index is 0.557. The largest absolute Gasteiger partial charge is 0.367 e. The number of pyridine rings is 1. The van der Waals surface area contributed by atoms with Gasteiger partial charge >= 0.3 is 0 Å². The van der Waals surface area contributed by atoms with Crippen LogP contribution in [0.2, 0.25) is 0 Å². The van der Waals surface area contributed by atoms with Crippen molar-refractivity contribution in [2.45, 2.75) is 25.8 Å². The summed E-state index contributed by atoms with van der Waals surface area (Å²) >= 11 is 0. The number of benzene rings is 1. The quantitative estimate of drug-likeness (QED) is 0.913. The summed E-state index contributed by atoms with van der Waals surface area (Å²) in [5.41, 5.74) is 0. The summed E-state index contributed by atoms with van der Waals surface area (Å²) in [6, 6.07) is 11.1. The molecule has 1 aromatic heterocycles. The van der Waals surface area contributed by atoms with Crippen LogP contribution in [0, 0.1) is 0 Å². The molecule has 1 N–H and O–H groups in total. The molecule has 1 aromatic carbocycles. The predicted octanol–water partition coefficient (Wildman–Crippen LogP) is 3.13. The van der Waals surface area contributed by atoms with Gasteiger partial charge in [-0.15, -0.1) is 0 Å². The van der Waals surface area contributed by atoms with E-state index in [2.05, 4.69) is 52.5 Å². The van der Waals surface area contributed by atoms with Crippen LogP contribution in [0.5, 0.6) is 0 Å². The number of anilines is 1. The van der Waals surface area contributed by atoms with Crippen molar-refractivity contribution in [2.75, 3.05) is 25.0 Å². The highest BCUT2D eigenvalue weighted by Crippen LogP contribution is 2.23. The maximum atomic E-state index is 4.52. The maximum absolute atomic E-state index is 4.52. The van der Waals surface area contributed by atoms with Crippen molar-refractivity contribution in [2.24, 2.45) is 0 Å². The van der Waals surface area contributed by atoms with Crippen LogP contribution >= 0.6 is 0 Å². The highest BCUT2D eigenvalue weighted by Gasteiger charge is 2.18.